The van der Waals surface area contributed by atoms with Crippen LogP contribution in [-0.4, -0.2) is 130 Å². The molecule has 2 aromatic heterocycles. The number of amides is 3. The normalized spacial score (nSPS) is 26.4. The van der Waals surface area contributed by atoms with Crippen molar-refractivity contribution in [1.82, 2.24) is 40.4 Å². The zero-order chi connectivity index (χ0) is 48.2. The summed E-state index contributed by atoms with van der Waals surface area (Å²) in [7, 11) is 1.69. The molecule has 5 aliphatic heterocycles. The van der Waals surface area contributed by atoms with Gasteiger partial charge in [-0.25, -0.2) is 5.43 Å². The number of aryl methyl sites for hydroxylation is 1. The van der Waals surface area contributed by atoms with Crippen LogP contribution in [0.5, 0.6) is 5.75 Å². The van der Waals surface area contributed by atoms with E-state index in [2.05, 4.69) is 70.6 Å². The summed E-state index contributed by atoms with van der Waals surface area (Å²) in [5, 5.41) is 20.5. The SMILES string of the molecule is CCn1c(-c2cccnc2[C@H](C)OC)c2c3cc(ccc31)-c1cc(O)cc(c1)C[C@H](NC(=O)[C@H](C1CCCC1)N1CC[C@]3(CCN(C[C@H]4CN4)C3)C1=O)C(=O)N1CCC[C@H](N1)C(=O)OCC(C)(C)C2. The Morgan fingerprint density at radius 1 is 1.01 bits per heavy atom. The molecular formula is C54H70N8O7. The van der Waals surface area contributed by atoms with Crippen LogP contribution < -0.4 is 16.1 Å². The number of hydrazine groups is 1. The number of hydrogen-bond acceptors (Lipinski definition) is 11. The third kappa shape index (κ3) is 9.39. The molecule has 4 aromatic rings. The number of ether oxygens (including phenoxy) is 2. The smallest absolute Gasteiger partial charge is 0.324 e. The number of nitrogens with one attached hydrogen (secondary N) is 3. The Hall–Kier alpha value is -5.35. The highest BCUT2D eigenvalue weighted by Crippen LogP contribution is 2.45. The third-order valence-electron chi connectivity index (χ3n) is 16.1. The maximum Gasteiger partial charge on any atom is 0.324 e. The van der Waals surface area contributed by atoms with Crippen LogP contribution in [0.1, 0.15) is 102 Å². The van der Waals surface area contributed by atoms with Crippen molar-refractivity contribution < 1.29 is 33.8 Å². The predicted octanol–water partition coefficient (Wildman–Crippen LogP) is 5.91. The first kappa shape index (κ1) is 47.3. The molecule has 1 saturated carbocycles. The van der Waals surface area contributed by atoms with Crippen LogP contribution >= 0.6 is 0 Å². The van der Waals surface area contributed by atoms with E-state index in [0.29, 0.717) is 63.5 Å². The second kappa shape index (κ2) is 19.1. The first-order chi connectivity index (χ1) is 33.2. The summed E-state index contributed by atoms with van der Waals surface area (Å²) >= 11 is 0. The Balaban J connectivity index is 1.03. The molecule has 0 unspecified atom stereocenters. The summed E-state index contributed by atoms with van der Waals surface area (Å²) in [6.07, 6.45) is 8.33. The zero-order valence-corrected chi connectivity index (χ0v) is 41.0. The van der Waals surface area contributed by atoms with Gasteiger partial charge < -0.3 is 39.6 Å². The van der Waals surface area contributed by atoms with Gasteiger partial charge in [0.05, 0.1) is 29.5 Å². The highest BCUT2D eigenvalue weighted by Gasteiger charge is 2.55. The minimum Gasteiger partial charge on any atom is -0.508 e. The van der Waals surface area contributed by atoms with Crippen LogP contribution in [0.25, 0.3) is 33.3 Å². The van der Waals surface area contributed by atoms with E-state index in [9.17, 15) is 19.5 Å². The molecule has 1 aliphatic carbocycles. The molecule has 10 rings (SSSR count). The molecule has 4 N–H and O–H groups in total. The van der Waals surface area contributed by atoms with E-state index >= 15 is 4.79 Å². The largest absolute Gasteiger partial charge is 0.508 e. The molecule has 368 valence electrons. The predicted molar refractivity (Wildman–Crippen MR) is 263 cm³/mol. The number of esters is 1. The van der Waals surface area contributed by atoms with E-state index in [0.717, 1.165) is 96.3 Å². The van der Waals surface area contributed by atoms with Crippen molar-refractivity contribution in [3.63, 3.8) is 0 Å². The second-order valence-electron chi connectivity index (χ2n) is 21.6. The third-order valence-corrected chi connectivity index (χ3v) is 16.1. The molecule has 15 nitrogen and oxygen atoms in total. The molecule has 4 saturated heterocycles. The topological polar surface area (TPSA) is 181 Å². The molecule has 69 heavy (non-hydrogen) atoms. The Labute approximate surface area is 405 Å². The number of rotatable bonds is 10. The van der Waals surface area contributed by atoms with Crippen molar-refractivity contribution in [2.75, 3.05) is 53.0 Å². The number of benzene rings is 2. The fourth-order valence-corrected chi connectivity index (χ4v) is 12.3. The van der Waals surface area contributed by atoms with Gasteiger partial charge >= 0.3 is 5.97 Å². The molecule has 2 aromatic carbocycles. The highest BCUT2D eigenvalue weighted by atomic mass is 16.5. The molecule has 6 atom stereocenters. The average Bonchev–Trinajstić information content (AvgIpc) is 3.60. The number of likely N-dealkylation sites (tertiary alicyclic amines) is 2. The van der Waals surface area contributed by atoms with Crippen LogP contribution in [0.3, 0.4) is 0 Å². The fourth-order valence-electron chi connectivity index (χ4n) is 12.3. The Kier molecular flexibility index (Phi) is 13.1. The van der Waals surface area contributed by atoms with Gasteiger partial charge in [-0.2, -0.15) is 0 Å². The number of methoxy groups -OCH3 is 1. The van der Waals surface area contributed by atoms with Gasteiger partial charge in [-0.15, -0.1) is 0 Å². The number of hydrogen-bond donors (Lipinski definition) is 4. The van der Waals surface area contributed by atoms with Crippen LogP contribution in [0.2, 0.25) is 0 Å². The van der Waals surface area contributed by atoms with Gasteiger partial charge in [0.25, 0.3) is 5.91 Å². The number of pyridine rings is 1. The molecule has 1 spiro atoms. The lowest BCUT2D eigenvalue weighted by Gasteiger charge is -2.37. The van der Waals surface area contributed by atoms with E-state index in [-0.39, 0.29) is 42.6 Å². The first-order valence-electron chi connectivity index (χ1n) is 25.5. The van der Waals surface area contributed by atoms with Gasteiger partial charge in [-0.3, -0.25) is 29.2 Å². The number of phenolic OH excluding ortho intramolecular Hbond substituents is 1. The molecule has 0 radical (unpaired) electrons. The number of cyclic esters (lactones) is 1. The average molecular weight is 943 g/mol. The van der Waals surface area contributed by atoms with E-state index < -0.39 is 40.8 Å². The molecule has 5 fully saturated rings. The maximum atomic E-state index is 15.1. The number of nitrogens with zero attached hydrogens (tertiary/aromatic N) is 5. The van der Waals surface area contributed by atoms with E-state index in [4.69, 9.17) is 14.5 Å². The Morgan fingerprint density at radius 2 is 1.81 bits per heavy atom. The lowest BCUT2D eigenvalue weighted by Crippen LogP contribution is -2.62. The van der Waals surface area contributed by atoms with Crippen molar-refractivity contribution >= 4 is 34.6 Å². The second-order valence-corrected chi connectivity index (χ2v) is 21.6. The highest BCUT2D eigenvalue weighted by molar-refractivity contribution is 5.96. The maximum absolute atomic E-state index is 15.1. The fraction of sp³-hybridized carbons (Fsp3) is 0.574. The molecule has 6 aliphatic rings. The number of fused-ring (bicyclic) bond motifs is 6. The molecule has 7 heterocycles. The van der Waals surface area contributed by atoms with E-state index in [1.807, 2.05) is 24.0 Å². The van der Waals surface area contributed by atoms with Gasteiger partial charge in [0, 0.05) is 86.9 Å². The molecule has 6 bridgehead atoms. The summed E-state index contributed by atoms with van der Waals surface area (Å²) in [6, 6.07) is 13.7. The van der Waals surface area contributed by atoms with Crippen LogP contribution in [0.15, 0.2) is 54.7 Å². The Morgan fingerprint density at radius 3 is 2.58 bits per heavy atom. The Bertz CT molecular complexity index is 2620. The summed E-state index contributed by atoms with van der Waals surface area (Å²) in [5.41, 5.74) is 9.43. The zero-order valence-electron chi connectivity index (χ0n) is 41.0. The number of phenols is 1. The number of carbonyl (C=O) groups excluding carboxylic acids is 4. The lowest BCUT2D eigenvalue weighted by molar-refractivity contribution is -0.155. The van der Waals surface area contributed by atoms with Gasteiger partial charge in [0.1, 0.15) is 23.9 Å². The van der Waals surface area contributed by atoms with Crippen LogP contribution in [0, 0.1) is 16.7 Å². The first-order valence-corrected chi connectivity index (χ1v) is 25.5. The molecule has 15 heteroatoms. The number of carbonyl (C=O) groups is 4. The molecule has 3 amide bonds. The van der Waals surface area contributed by atoms with E-state index in [1.54, 1.807) is 25.4 Å². The number of aromatic nitrogens is 2. The molecular weight excluding hydrogens is 873 g/mol. The van der Waals surface area contributed by atoms with Crippen LogP contribution in [-0.2, 0) is 48.0 Å². The monoisotopic (exact) mass is 943 g/mol. The summed E-state index contributed by atoms with van der Waals surface area (Å²) in [5.74, 6) is -1.08. The van der Waals surface area contributed by atoms with Gasteiger partial charge in [-0.1, -0.05) is 38.8 Å². The van der Waals surface area contributed by atoms with Crippen molar-refractivity contribution in [3.05, 3.63) is 71.5 Å². The van der Waals surface area contributed by atoms with Crippen molar-refractivity contribution in [2.24, 2.45) is 16.7 Å². The van der Waals surface area contributed by atoms with Gasteiger partial charge in [-0.05, 0) is 130 Å². The summed E-state index contributed by atoms with van der Waals surface area (Å²) < 4.78 is 14.3. The summed E-state index contributed by atoms with van der Waals surface area (Å²) in [4.78, 5) is 67.8. The van der Waals surface area contributed by atoms with Crippen molar-refractivity contribution in [1.29, 1.82) is 0 Å². The van der Waals surface area contributed by atoms with Crippen molar-refractivity contribution in [2.45, 2.75) is 129 Å². The number of aromatic hydroxyl groups is 1. The van der Waals surface area contributed by atoms with Gasteiger partial charge in [0.2, 0.25) is 11.8 Å². The lowest BCUT2D eigenvalue weighted by atomic mass is 9.84. The van der Waals surface area contributed by atoms with E-state index in [1.165, 1.54) is 5.01 Å². The van der Waals surface area contributed by atoms with Crippen molar-refractivity contribution in [3.8, 4) is 28.1 Å². The summed E-state index contributed by atoms with van der Waals surface area (Å²) in [6.45, 7) is 13.5. The van der Waals surface area contributed by atoms with Crippen LogP contribution in [0.4, 0.5) is 0 Å². The minimum absolute atomic E-state index is 0.0218. The van der Waals surface area contributed by atoms with Gasteiger partial charge in [0.15, 0.2) is 0 Å². The minimum atomic E-state index is -1.07. The standard InChI is InChI=1S/C54H70N8O7/c1-6-60-45-16-15-36-27-41(45)42(48(60)40-13-9-19-55-46(40)33(2)68-5)28-53(3,4)32-69-51(66)43-14-10-20-62(58-43)50(65)44(25-34-23-37(36)26-39(63)24-34)57-49(64)47(35-11-7-8-12-35)61-22-18-54(52(61)67)17-21-59(31-54)30-38-29-56-38/h9,13,15-16,19,23-24,26-27,33,35,38,43-44,47,56,58,63H,6-8,10-12,14,17-18,20-22,25,28-32H2,1-5H3,(H,57,64)/t33-,38+,43-,44-,47-,54-/m0/s1. The quantitative estimate of drug-likeness (QED) is 0.110.